The van der Waals surface area contributed by atoms with Crippen LogP contribution >= 0.6 is 11.3 Å². The molecule has 106 valence electrons. The van der Waals surface area contributed by atoms with Gasteiger partial charge in [-0.25, -0.2) is 0 Å². The molecule has 0 aliphatic rings. The van der Waals surface area contributed by atoms with Crippen molar-refractivity contribution < 1.29 is 0 Å². The average molecular weight is 278 g/mol. The number of nitrogens with zero attached hydrogens (tertiary/aromatic N) is 1. The summed E-state index contributed by atoms with van der Waals surface area (Å²) in [6.07, 6.45) is 3.25. The van der Waals surface area contributed by atoms with Crippen LogP contribution in [0.2, 0.25) is 0 Å². The number of hydrogen-bond donors (Lipinski definition) is 1. The largest absolute Gasteiger partial charge is 0.316 e. The summed E-state index contributed by atoms with van der Waals surface area (Å²) in [5, 5.41) is 14.6. The van der Waals surface area contributed by atoms with E-state index < -0.39 is 0 Å². The average Bonchev–Trinajstić information content (AvgIpc) is 2.88. The normalized spacial score (nSPS) is 12.4. The third-order valence-corrected chi connectivity index (χ3v) is 4.70. The minimum atomic E-state index is -0.170. The molecule has 1 aromatic heterocycles. The first-order valence-electron chi connectivity index (χ1n) is 7.03. The fourth-order valence-electron chi connectivity index (χ4n) is 2.02. The molecule has 1 heterocycles. The van der Waals surface area contributed by atoms with Gasteiger partial charge >= 0.3 is 0 Å². The standard InChI is InChI=1S/C16H26N2S/c1-15(2,12-17)9-5-6-10-18-13-16(3,4)14-8-7-11-19-14/h7-8,11,18H,5-6,9-10,13H2,1-4H3. The molecule has 0 bridgehead atoms. The lowest BCUT2D eigenvalue weighted by molar-refractivity contribution is 0.413. The van der Waals surface area contributed by atoms with Gasteiger partial charge in [0.15, 0.2) is 0 Å². The molecule has 0 spiro atoms. The van der Waals surface area contributed by atoms with Gasteiger partial charge in [-0.1, -0.05) is 26.3 Å². The quantitative estimate of drug-likeness (QED) is 0.718. The summed E-state index contributed by atoms with van der Waals surface area (Å²) in [7, 11) is 0. The topological polar surface area (TPSA) is 35.8 Å². The van der Waals surface area contributed by atoms with Gasteiger partial charge in [-0.05, 0) is 44.7 Å². The van der Waals surface area contributed by atoms with E-state index in [1.807, 2.05) is 25.2 Å². The molecule has 19 heavy (non-hydrogen) atoms. The Balaban J connectivity index is 2.17. The second-order valence-corrected chi connectivity index (χ2v) is 7.44. The van der Waals surface area contributed by atoms with E-state index >= 15 is 0 Å². The Morgan fingerprint density at radius 3 is 2.58 bits per heavy atom. The summed E-state index contributed by atoms with van der Waals surface area (Å²) in [6, 6.07) is 6.68. The van der Waals surface area contributed by atoms with Gasteiger partial charge in [0.2, 0.25) is 0 Å². The Morgan fingerprint density at radius 1 is 1.26 bits per heavy atom. The lowest BCUT2D eigenvalue weighted by Gasteiger charge is -2.24. The molecule has 0 saturated heterocycles. The van der Waals surface area contributed by atoms with Gasteiger partial charge in [-0.15, -0.1) is 11.3 Å². The van der Waals surface area contributed by atoms with Crippen molar-refractivity contribution in [3.63, 3.8) is 0 Å². The van der Waals surface area contributed by atoms with Crippen molar-refractivity contribution in [2.75, 3.05) is 13.1 Å². The first-order chi connectivity index (χ1) is 8.87. The van der Waals surface area contributed by atoms with E-state index in [4.69, 9.17) is 5.26 Å². The highest BCUT2D eigenvalue weighted by molar-refractivity contribution is 7.10. The van der Waals surface area contributed by atoms with Crippen LogP contribution in [0.3, 0.4) is 0 Å². The first kappa shape index (κ1) is 16.2. The van der Waals surface area contributed by atoms with E-state index in [9.17, 15) is 0 Å². The third kappa shape index (κ3) is 5.76. The molecule has 0 saturated carbocycles. The SMILES string of the molecule is CC(C)(C#N)CCCCNCC(C)(C)c1cccs1. The summed E-state index contributed by atoms with van der Waals surface area (Å²) >= 11 is 1.83. The fourth-order valence-corrected chi connectivity index (χ4v) is 2.88. The Kier molecular flexibility index (Phi) is 6.03. The molecular weight excluding hydrogens is 252 g/mol. The van der Waals surface area contributed by atoms with Crippen LogP contribution in [-0.4, -0.2) is 13.1 Å². The monoisotopic (exact) mass is 278 g/mol. The van der Waals surface area contributed by atoms with E-state index in [1.54, 1.807) is 0 Å². The van der Waals surface area contributed by atoms with Crippen LogP contribution in [-0.2, 0) is 5.41 Å². The predicted molar refractivity (Wildman–Crippen MR) is 83.5 cm³/mol. The molecular formula is C16H26N2S. The zero-order valence-corrected chi connectivity index (χ0v) is 13.4. The van der Waals surface area contributed by atoms with Crippen LogP contribution in [0.5, 0.6) is 0 Å². The van der Waals surface area contributed by atoms with Gasteiger partial charge in [-0.3, -0.25) is 0 Å². The second kappa shape index (κ2) is 7.07. The number of hydrogen-bond acceptors (Lipinski definition) is 3. The Labute approximate surface area is 121 Å². The van der Waals surface area contributed by atoms with Crippen LogP contribution in [0.4, 0.5) is 0 Å². The van der Waals surface area contributed by atoms with Gasteiger partial charge < -0.3 is 5.32 Å². The maximum Gasteiger partial charge on any atom is 0.0683 e. The van der Waals surface area contributed by atoms with Crippen molar-refractivity contribution in [1.82, 2.24) is 5.32 Å². The molecule has 2 nitrogen and oxygen atoms in total. The number of nitriles is 1. The summed E-state index contributed by atoms with van der Waals surface area (Å²) < 4.78 is 0. The molecule has 0 atom stereocenters. The van der Waals surface area contributed by atoms with Crippen molar-refractivity contribution in [3.05, 3.63) is 22.4 Å². The van der Waals surface area contributed by atoms with Gasteiger partial charge in [0.25, 0.3) is 0 Å². The highest BCUT2D eigenvalue weighted by Gasteiger charge is 2.21. The van der Waals surface area contributed by atoms with E-state index in [0.717, 1.165) is 32.4 Å². The second-order valence-electron chi connectivity index (χ2n) is 6.49. The summed E-state index contributed by atoms with van der Waals surface area (Å²) in [4.78, 5) is 1.44. The molecule has 0 amide bonds. The molecule has 0 aliphatic carbocycles. The highest BCUT2D eigenvalue weighted by atomic mass is 32.1. The van der Waals surface area contributed by atoms with E-state index in [1.165, 1.54) is 4.88 Å². The number of rotatable bonds is 8. The van der Waals surface area contributed by atoms with Crippen molar-refractivity contribution in [2.24, 2.45) is 5.41 Å². The van der Waals surface area contributed by atoms with Crippen molar-refractivity contribution in [3.8, 4) is 6.07 Å². The molecule has 1 rings (SSSR count). The summed E-state index contributed by atoms with van der Waals surface area (Å²) in [6.45, 7) is 10.6. The van der Waals surface area contributed by atoms with Gasteiger partial charge in [-0.2, -0.15) is 5.26 Å². The first-order valence-corrected chi connectivity index (χ1v) is 7.91. The van der Waals surface area contributed by atoms with E-state index in [-0.39, 0.29) is 10.8 Å². The zero-order chi connectivity index (χ0) is 14.4. The third-order valence-electron chi connectivity index (χ3n) is 3.46. The lowest BCUT2D eigenvalue weighted by atomic mass is 9.89. The Hall–Kier alpha value is -0.850. The predicted octanol–water partition coefficient (Wildman–Crippen LogP) is 4.34. The number of nitrogens with one attached hydrogen (secondary N) is 1. The molecule has 0 aromatic carbocycles. The van der Waals surface area contributed by atoms with Crippen molar-refractivity contribution in [2.45, 2.75) is 52.4 Å². The molecule has 0 radical (unpaired) electrons. The van der Waals surface area contributed by atoms with Crippen LogP contribution in [0, 0.1) is 16.7 Å². The lowest BCUT2D eigenvalue weighted by Crippen LogP contribution is -2.32. The zero-order valence-electron chi connectivity index (χ0n) is 12.6. The van der Waals surface area contributed by atoms with Gasteiger partial charge in [0.1, 0.15) is 0 Å². The minimum absolute atomic E-state index is 0.170. The number of thiophene rings is 1. The van der Waals surface area contributed by atoms with Crippen LogP contribution < -0.4 is 5.32 Å². The maximum absolute atomic E-state index is 8.94. The minimum Gasteiger partial charge on any atom is -0.316 e. The van der Waals surface area contributed by atoms with Crippen molar-refractivity contribution in [1.29, 1.82) is 5.26 Å². The molecule has 0 unspecified atom stereocenters. The fraction of sp³-hybridized carbons (Fsp3) is 0.688. The Morgan fingerprint density at radius 2 is 2.00 bits per heavy atom. The van der Waals surface area contributed by atoms with Crippen LogP contribution in [0.1, 0.15) is 51.8 Å². The van der Waals surface area contributed by atoms with Gasteiger partial charge in [0.05, 0.1) is 11.5 Å². The molecule has 3 heteroatoms. The molecule has 0 aliphatic heterocycles. The molecule has 1 N–H and O–H groups in total. The van der Waals surface area contributed by atoms with Crippen LogP contribution in [0.15, 0.2) is 17.5 Å². The van der Waals surface area contributed by atoms with E-state index in [0.29, 0.717) is 0 Å². The number of unbranched alkanes of at least 4 members (excludes halogenated alkanes) is 1. The summed E-state index contributed by atoms with van der Waals surface area (Å²) in [5.74, 6) is 0. The molecule has 0 fully saturated rings. The van der Waals surface area contributed by atoms with Crippen molar-refractivity contribution >= 4 is 11.3 Å². The smallest absolute Gasteiger partial charge is 0.0683 e. The van der Waals surface area contributed by atoms with Gasteiger partial charge in [0, 0.05) is 16.8 Å². The van der Waals surface area contributed by atoms with Crippen LogP contribution in [0.25, 0.3) is 0 Å². The highest BCUT2D eigenvalue weighted by Crippen LogP contribution is 2.26. The maximum atomic E-state index is 8.94. The Bertz CT molecular complexity index is 399. The molecule has 1 aromatic rings. The summed E-state index contributed by atoms with van der Waals surface area (Å²) in [5.41, 5.74) is 0.0380. The van der Waals surface area contributed by atoms with E-state index in [2.05, 4.69) is 42.7 Å².